The van der Waals surface area contributed by atoms with Crippen molar-refractivity contribution in [1.82, 2.24) is 9.97 Å². The first-order chi connectivity index (χ1) is 14.9. The van der Waals surface area contributed by atoms with Crippen molar-refractivity contribution in [1.29, 1.82) is 0 Å². The lowest BCUT2D eigenvalue weighted by Gasteiger charge is -2.14. The monoisotopic (exact) mass is 425 g/mol. The maximum absolute atomic E-state index is 13.0. The number of rotatable bonds is 7. The van der Waals surface area contributed by atoms with Crippen molar-refractivity contribution in [3.05, 3.63) is 66.2 Å². The maximum atomic E-state index is 13.0. The average molecular weight is 425 g/mol. The van der Waals surface area contributed by atoms with Gasteiger partial charge >= 0.3 is 11.9 Å². The van der Waals surface area contributed by atoms with Gasteiger partial charge in [-0.25, -0.2) is 23.9 Å². The van der Waals surface area contributed by atoms with Crippen molar-refractivity contribution in [3.63, 3.8) is 0 Å². The molecule has 1 atom stereocenters. The number of carbonyl (C=O) groups is 2. The molecular weight excluding hydrogens is 405 g/mol. The first-order valence-electron chi connectivity index (χ1n) is 9.25. The zero-order valence-electron chi connectivity index (χ0n) is 17.1. The van der Waals surface area contributed by atoms with Gasteiger partial charge in [-0.05, 0) is 55.5 Å². The molecule has 0 fully saturated rings. The van der Waals surface area contributed by atoms with Crippen molar-refractivity contribution >= 4 is 17.8 Å². The molecule has 2 aromatic carbocycles. The van der Waals surface area contributed by atoms with Crippen LogP contribution < -0.4 is 10.1 Å². The van der Waals surface area contributed by atoms with E-state index in [1.54, 1.807) is 37.3 Å². The van der Waals surface area contributed by atoms with E-state index in [-0.39, 0.29) is 17.5 Å². The van der Waals surface area contributed by atoms with Crippen LogP contribution in [0.4, 0.5) is 10.2 Å². The molecule has 0 amide bonds. The van der Waals surface area contributed by atoms with Gasteiger partial charge in [0.2, 0.25) is 5.82 Å². The van der Waals surface area contributed by atoms with Crippen LogP contribution in [-0.4, -0.2) is 42.2 Å². The number of halogens is 1. The molecule has 1 heterocycles. The molecule has 160 valence electrons. The van der Waals surface area contributed by atoms with E-state index < -0.39 is 18.0 Å². The van der Waals surface area contributed by atoms with Gasteiger partial charge in [0, 0.05) is 11.6 Å². The number of aromatic nitrogens is 2. The highest BCUT2D eigenvalue weighted by Crippen LogP contribution is 2.26. The third-order valence-corrected chi connectivity index (χ3v) is 4.21. The highest BCUT2D eigenvalue weighted by molar-refractivity contribution is 5.87. The SMILES string of the molecule is COC(=O)c1nc(N[C@@H](C)C(=O)OC)cc(-c2ccc(Oc3ccc(F)cc3)cc2)n1. The second-order valence-corrected chi connectivity index (χ2v) is 6.42. The van der Waals surface area contributed by atoms with E-state index in [1.807, 2.05) is 0 Å². The molecule has 9 heteroatoms. The quantitative estimate of drug-likeness (QED) is 0.570. The summed E-state index contributed by atoms with van der Waals surface area (Å²) in [6.45, 7) is 1.60. The van der Waals surface area contributed by atoms with Crippen molar-refractivity contribution in [2.24, 2.45) is 0 Å². The summed E-state index contributed by atoms with van der Waals surface area (Å²) in [6, 6.07) is 13.5. The van der Waals surface area contributed by atoms with Crippen LogP contribution >= 0.6 is 0 Å². The number of anilines is 1. The van der Waals surface area contributed by atoms with Gasteiger partial charge in [0.05, 0.1) is 19.9 Å². The Balaban J connectivity index is 1.87. The molecule has 0 aliphatic heterocycles. The number of benzene rings is 2. The van der Waals surface area contributed by atoms with Crippen LogP contribution in [-0.2, 0) is 14.3 Å². The Hall–Kier alpha value is -4.01. The van der Waals surface area contributed by atoms with E-state index in [0.717, 1.165) is 0 Å². The van der Waals surface area contributed by atoms with E-state index in [0.29, 0.717) is 22.8 Å². The Morgan fingerprint density at radius 2 is 1.55 bits per heavy atom. The van der Waals surface area contributed by atoms with E-state index in [4.69, 9.17) is 14.2 Å². The third kappa shape index (κ3) is 5.53. The molecule has 1 aromatic heterocycles. The van der Waals surface area contributed by atoms with Gasteiger partial charge in [-0.15, -0.1) is 0 Å². The van der Waals surface area contributed by atoms with E-state index >= 15 is 0 Å². The lowest BCUT2D eigenvalue weighted by atomic mass is 10.1. The minimum atomic E-state index is -0.716. The standard InChI is InChI=1S/C22H20FN3O5/c1-13(21(27)29-2)24-19-12-18(25-20(26-19)22(28)30-3)14-4-8-16(9-5-14)31-17-10-6-15(23)7-11-17/h4-13H,1-3H3,(H,24,25,26)/t13-/m0/s1. The Kier molecular flexibility index (Phi) is 6.76. The zero-order chi connectivity index (χ0) is 22.4. The molecule has 8 nitrogen and oxygen atoms in total. The summed E-state index contributed by atoms with van der Waals surface area (Å²) in [5, 5.41) is 2.88. The fraction of sp³-hybridized carbons (Fsp3) is 0.182. The van der Waals surface area contributed by atoms with E-state index in [2.05, 4.69) is 15.3 Å². The van der Waals surface area contributed by atoms with Crippen LogP contribution in [0.15, 0.2) is 54.6 Å². The Morgan fingerprint density at radius 1 is 0.935 bits per heavy atom. The number of nitrogens with one attached hydrogen (secondary N) is 1. The molecule has 3 aromatic rings. The summed E-state index contributed by atoms with van der Waals surface area (Å²) in [4.78, 5) is 32.0. The lowest BCUT2D eigenvalue weighted by molar-refractivity contribution is -0.141. The molecule has 0 aliphatic carbocycles. The van der Waals surface area contributed by atoms with Gasteiger partial charge < -0.3 is 19.5 Å². The molecule has 0 radical (unpaired) electrons. The van der Waals surface area contributed by atoms with Crippen LogP contribution in [0.5, 0.6) is 11.5 Å². The molecule has 0 spiro atoms. The van der Waals surface area contributed by atoms with E-state index in [1.165, 1.54) is 38.5 Å². The molecule has 0 saturated carbocycles. The van der Waals surface area contributed by atoms with Gasteiger partial charge in [0.15, 0.2) is 0 Å². The molecule has 0 aliphatic rings. The molecule has 0 bridgehead atoms. The van der Waals surface area contributed by atoms with Gasteiger partial charge in [0.25, 0.3) is 0 Å². The van der Waals surface area contributed by atoms with E-state index in [9.17, 15) is 14.0 Å². The maximum Gasteiger partial charge on any atom is 0.376 e. The fourth-order valence-electron chi connectivity index (χ4n) is 2.64. The van der Waals surface area contributed by atoms with Gasteiger partial charge in [-0.1, -0.05) is 0 Å². The van der Waals surface area contributed by atoms with Crippen LogP contribution in [0, 0.1) is 5.82 Å². The number of hydrogen-bond donors (Lipinski definition) is 1. The predicted molar refractivity (Wildman–Crippen MR) is 110 cm³/mol. The molecule has 31 heavy (non-hydrogen) atoms. The summed E-state index contributed by atoms with van der Waals surface area (Å²) in [6.07, 6.45) is 0. The molecular formula is C22H20FN3O5. The molecule has 1 N–H and O–H groups in total. The van der Waals surface area contributed by atoms with Crippen molar-refractivity contribution in [3.8, 4) is 22.8 Å². The van der Waals surface area contributed by atoms with Crippen molar-refractivity contribution in [2.45, 2.75) is 13.0 Å². The summed E-state index contributed by atoms with van der Waals surface area (Å²) >= 11 is 0. The molecule has 0 saturated heterocycles. The Bertz CT molecular complexity index is 1070. The largest absolute Gasteiger partial charge is 0.467 e. The van der Waals surface area contributed by atoms with Gasteiger partial charge in [-0.2, -0.15) is 0 Å². The topological polar surface area (TPSA) is 99.6 Å². The second-order valence-electron chi connectivity index (χ2n) is 6.42. The zero-order valence-corrected chi connectivity index (χ0v) is 17.1. The minimum absolute atomic E-state index is 0.161. The molecule has 3 rings (SSSR count). The number of methoxy groups -OCH3 is 2. The van der Waals surface area contributed by atoms with Gasteiger partial charge in [-0.3, -0.25) is 0 Å². The number of esters is 2. The number of ether oxygens (including phenoxy) is 3. The lowest BCUT2D eigenvalue weighted by Crippen LogP contribution is -2.28. The summed E-state index contributed by atoms with van der Waals surface area (Å²) in [5.41, 5.74) is 1.11. The van der Waals surface area contributed by atoms with Crippen LogP contribution in [0.3, 0.4) is 0 Å². The highest BCUT2D eigenvalue weighted by atomic mass is 19.1. The number of nitrogens with zero attached hydrogens (tertiary/aromatic N) is 2. The smallest absolute Gasteiger partial charge is 0.376 e. The number of carbonyl (C=O) groups excluding carboxylic acids is 2. The second kappa shape index (κ2) is 9.66. The first kappa shape index (κ1) is 21.7. The van der Waals surface area contributed by atoms with Gasteiger partial charge in [0.1, 0.15) is 29.2 Å². The van der Waals surface area contributed by atoms with Crippen molar-refractivity contribution in [2.75, 3.05) is 19.5 Å². The number of hydrogen-bond acceptors (Lipinski definition) is 8. The third-order valence-electron chi connectivity index (χ3n) is 4.21. The minimum Gasteiger partial charge on any atom is -0.467 e. The average Bonchev–Trinajstić information content (AvgIpc) is 2.79. The Labute approximate surface area is 178 Å². The summed E-state index contributed by atoms with van der Waals surface area (Å²) in [5.74, 6) is -0.420. The molecule has 0 unspecified atom stereocenters. The normalized spacial score (nSPS) is 11.4. The first-order valence-corrected chi connectivity index (χ1v) is 9.25. The van der Waals surface area contributed by atoms with Crippen LogP contribution in [0.2, 0.25) is 0 Å². The van der Waals surface area contributed by atoms with Crippen molar-refractivity contribution < 1.29 is 28.2 Å². The summed E-state index contributed by atoms with van der Waals surface area (Å²) < 4.78 is 28.1. The fourth-order valence-corrected chi connectivity index (χ4v) is 2.64. The Morgan fingerprint density at radius 3 is 2.13 bits per heavy atom. The summed E-state index contributed by atoms with van der Waals surface area (Å²) in [7, 11) is 2.51. The predicted octanol–water partition coefficient (Wildman–Crippen LogP) is 3.84. The van der Waals surface area contributed by atoms with Crippen LogP contribution in [0.1, 0.15) is 17.5 Å². The highest BCUT2D eigenvalue weighted by Gasteiger charge is 2.18. The van der Waals surface area contributed by atoms with Crippen LogP contribution in [0.25, 0.3) is 11.3 Å².